The molecule has 92 valence electrons. The third-order valence-electron chi connectivity index (χ3n) is 2.82. The molecular weight excluding hydrogens is 220 g/mol. The molecule has 0 fully saturated rings. The van der Waals surface area contributed by atoms with Gasteiger partial charge >= 0.3 is 0 Å². The predicted octanol–water partition coefficient (Wildman–Crippen LogP) is 4.30. The molecule has 0 heterocycles. The summed E-state index contributed by atoms with van der Waals surface area (Å²) in [7, 11) is 0. The molecule has 0 spiro atoms. The van der Waals surface area contributed by atoms with Crippen molar-refractivity contribution in [2.75, 3.05) is 0 Å². The molecule has 1 nitrogen and oxygen atoms in total. The van der Waals surface area contributed by atoms with Crippen molar-refractivity contribution in [3.63, 3.8) is 0 Å². The van der Waals surface area contributed by atoms with E-state index in [1.54, 1.807) is 0 Å². The lowest BCUT2D eigenvalue weighted by Gasteiger charge is -2.11. The molecule has 1 heteroatoms. The van der Waals surface area contributed by atoms with Gasteiger partial charge < -0.3 is 4.74 Å². The predicted molar refractivity (Wildman–Crippen MR) is 75.9 cm³/mol. The number of rotatable bonds is 5. The highest BCUT2D eigenvalue weighted by Crippen LogP contribution is 2.22. The number of allylic oxidation sites excluding steroid dienone is 1. The monoisotopic (exact) mass is 238 g/mol. The Kier molecular flexibility index (Phi) is 4.19. The summed E-state index contributed by atoms with van der Waals surface area (Å²) in [6, 6.07) is 16.5. The molecule has 0 saturated carbocycles. The van der Waals surface area contributed by atoms with E-state index in [0.717, 1.165) is 12.2 Å². The fraction of sp³-hybridized carbons (Fsp3) is 0.176. The summed E-state index contributed by atoms with van der Waals surface area (Å²) in [5.74, 6) is 0.948. The van der Waals surface area contributed by atoms with Crippen LogP contribution >= 0.6 is 0 Å². The Labute approximate surface area is 109 Å². The molecule has 2 aromatic rings. The van der Waals surface area contributed by atoms with Gasteiger partial charge in [0.05, 0.1) is 0 Å². The number of benzene rings is 2. The van der Waals surface area contributed by atoms with E-state index in [-0.39, 0.29) is 0 Å². The van der Waals surface area contributed by atoms with Crippen molar-refractivity contribution in [3.8, 4) is 5.75 Å². The standard InChI is InChI=1S/C17H18O/c1-3-7-16-12-14(2)10-11-17(16)18-13-15-8-5-4-6-9-15/h3-6,8-12H,1,7,13H2,2H3. The van der Waals surface area contributed by atoms with Crippen LogP contribution in [-0.4, -0.2) is 0 Å². The molecule has 0 unspecified atom stereocenters. The van der Waals surface area contributed by atoms with Crippen LogP contribution < -0.4 is 4.74 Å². The van der Waals surface area contributed by atoms with E-state index >= 15 is 0 Å². The highest BCUT2D eigenvalue weighted by atomic mass is 16.5. The van der Waals surface area contributed by atoms with Crippen molar-refractivity contribution in [2.45, 2.75) is 20.0 Å². The van der Waals surface area contributed by atoms with Crippen molar-refractivity contribution in [2.24, 2.45) is 0 Å². The Balaban J connectivity index is 2.11. The highest BCUT2D eigenvalue weighted by Gasteiger charge is 2.03. The maximum atomic E-state index is 5.88. The zero-order valence-electron chi connectivity index (χ0n) is 10.7. The van der Waals surface area contributed by atoms with E-state index in [4.69, 9.17) is 4.74 Å². The van der Waals surface area contributed by atoms with Crippen LogP contribution in [0.2, 0.25) is 0 Å². The Bertz CT molecular complexity index is 514. The van der Waals surface area contributed by atoms with Crippen LogP contribution in [0.15, 0.2) is 61.2 Å². The second-order valence-corrected chi connectivity index (χ2v) is 4.38. The molecule has 0 radical (unpaired) electrons. The van der Waals surface area contributed by atoms with Crippen LogP contribution in [0.5, 0.6) is 5.75 Å². The van der Waals surface area contributed by atoms with Gasteiger partial charge in [0, 0.05) is 0 Å². The van der Waals surface area contributed by atoms with Gasteiger partial charge in [-0.3, -0.25) is 0 Å². The Hall–Kier alpha value is -2.02. The summed E-state index contributed by atoms with van der Waals surface area (Å²) in [6.45, 7) is 6.49. The average Bonchev–Trinajstić information content (AvgIpc) is 2.39. The molecule has 0 N–H and O–H groups in total. The normalized spacial score (nSPS) is 10.1. The molecular formula is C17H18O. The van der Waals surface area contributed by atoms with Crippen molar-refractivity contribution in [3.05, 3.63) is 77.9 Å². The van der Waals surface area contributed by atoms with Gasteiger partial charge in [-0.15, -0.1) is 6.58 Å². The van der Waals surface area contributed by atoms with E-state index in [0.29, 0.717) is 6.61 Å². The molecule has 0 atom stereocenters. The summed E-state index contributed by atoms with van der Waals surface area (Å²) >= 11 is 0. The van der Waals surface area contributed by atoms with Gasteiger partial charge in [-0.25, -0.2) is 0 Å². The first kappa shape index (κ1) is 12.4. The maximum absolute atomic E-state index is 5.88. The lowest BCUT2D eigenvalue weighted by atomic mass is 10.1. The van der Waals surface area contributed by atoms with Gasteiger partial charge in [-0.05, 0) is 30.5 Å². The van der Waals surface area contributed by atoms with Gasteiger partial charge in [0.1, 0.15) is 12.4 Å². The second kappa shape index (κ2) is 6.06. The van der Waals surface area contributed by atoms with Gasteiger partial charge in [-0.2, -0.15) is 0 Å². The summed E-state index contributed by atoms with van der Waals surface area (Å²) in [6.07, 6.45) is 2.75. The van der Waals surface area contributed by atoms with Crippen LogP contribution in [0.25, 0.3) is 0 Å². The summed E-state index contributed by atoms with van der Waals surface area (Å²) in [5.41, 5.74) is 3.63. The van der Waals surface area contributed by atoms with Gasteiger partial charge in [-0.1, -0.05) is 54.1 Å². The molecule has 0 saturated heterocycles. The van der Waals surface area contributed by atoms with Gasteiger partial charge in [0.2, 0.25) is 0 Å². The topological polar surface area (TPSA) is 9.23 Å². The zero-order valence-corrected chi connectivity index (χ0v) is 10.7. The van der Waals surface area contributed by atoms with E-state index in [2.05, 4.69) is 37.8 Å². The van der Waals surface area contributed by atoms with Crippen molar-refractivity contribution < 1.29 is 4.74 Å². The summed E-state index contributed by atoms with van der Waals surface area (Å²) in [4.78, 5) is 0. The molecule has 0 amide bonds. The third kappa shape index (κ3) is 3.24. The van der Waals surface area contributed by atoms with Gasteiger partial charge in [0.25, 0.3) is 0 Å². The molecule has 0 bridgehead atoms. The number of hydrogen-bond acceptors (Lipinski definition) is 1. The van der Waals surface area contributed by atoms with Crippen LogP contribution in [0.4, 0.5) is 0 Å². The quantitative estimate of drug-likeness (QED) is 0.705. The van der Waals surface area contributed by atoms with Crippen molar-refractivity contribution in [1.29, 1.82) is 0 Å². The Morgan fingerprint density at radius 2 is 1.89 bits per heavy atom. The SMILES string of the molecule is C=CCc1cc(C)ccc1OCc1ccccc1. The first-order valence-corrected chi connectivity index (χ1v) is 6.17. The number of ether oxygens (including phenoxy) is 1. The third-order valence-corrected chi connectivity index (χ3v) is 2.82. The van der Waals surface area contributed by atoms with Crippen molar-refractivity contribution in [1.82, 2.24) is 0 Å². The first-order valence-electron chi connectivity index (χ1n) is 6.17. The number of aryl methyl sites for hydroxylation is 1. The van der Waals surface area contributed by atoms with Crippen LogP contribution in [0.3, 0.4) is 0 Å². The van der Waals surface area contributed by atoms with Gasteiger partial charge in [0.15, 0.2) is 0 Å². The fourth-order valence-electron chi connectivity index (χ4n) is 1.90. The lowest BCUT2D eigenvalue weighted by molar-refractivity contribution is 0.303. The molecule has 0 aliphatic carbocycles. The Morgan fingerprint density at radius 3 is 2.61 bits per heavy atom. The average molecular weight is 238 g/mol. The van der Waals surface area contributed by atoms with Crippen molar-refractivity contribution >= 4 is 0 Å². The minimum atomic E-state index is 0.605. The molecule has 2 rings (SSSR count). The first-order chi connectivity index (χ1) is 8.79. The zero-order chi connectivity index (χ0) is 12.8. The summed E-state index contributed by atoms with van der Waals surface area (Å²) in [5, 5.41) is 0. The fourth-order valence-corrected chi connectivity index (χ4v) is 1.90. The lowest BCUT2D eigenvalue weighted by Crippen LogP contribution is -1.98. The molecule has 2 aromatic carbocycles. The van der Waals surface area contributed by atoms with E-state index in [1.165, 1.54) is 16.7 Å². The molecule has 0 aliphatic rings. The minimum Gasteiger partial charge on any atom is -0.489 e. The molecule has 0 aliphatic heterocycles. The number of hydrogen-bond donors (Lipinski definition) is 0. The van der Waals surface area contributed by atoms with Crippen LogP contribution in [-0.2, 0) is 13.0 Å². The van der Waals surface area contributed by atoms with E-state index in [9.17, 15) is 0 Å². The van der Waals surface area contributed by atoms with Crippen LogP contribution in [0.1, 0.15) is 16.7 Å². The molecule has 18 heavy (non-hydrogen) atoms. The summed E-state index contributed by atoms with van der Waals surface area (Å²) < 4.78 is 5.88. The van der Waals surface area contributed by atoms with E-state index in [1.807, 2.05) is 30.3 Å². The second-order valence-electron chi connectivity index (χ2n) is 4.38. The maximum Gasteiger partial charge on any atom is 0.123 e. The largest absolute Gasteiger partial charge is 0.489 e. The smallest absolute Gasteiger partial charge is 0.123 e. The molecule has 0 aromatic heterocycles. The highest BCUT2D eigenvalue weighted by molar-refractivity contribution is 5.38. The minimum absolute atomic E-state index is 0.605. The van der Waals surface area contributed by atoms with Crippen LogP contribution in [0, 0.1) is 6.92 Å². The Morgan fingerprint density at radius 1 is 1.11 bits per heavy atom. The van der Waals surface area contributed by atoms with E-state index < -0.39 is 0 Å².